The zero-order valence-electron chi connectivity index (χ0n) is 6.85. The van der Waals surface area contributed by atoms with Gasteiger partial charge in [-0.3, -0.25) is 0 Å². The Morgan fingerprint density at radius 1 is 1.67 bits per heavy atom. The molecule has 0 aromatic carbocycles. The number of aliphatic hydroxyl groups is 1. The van der Waals surface area contributed by atoms with Crippen LogP contribution < -0.4 is 0 Å². The van der Waals surface area contributed by atoms with Gasteiger partial charge in [-0.2, -0.15) is 0 Å². The highest BCUT2D eigenvalue weighted by Gasteiger charge is 2.16. The highest BCUT2D eigenvalue weighted by atomic mass is 35.5. The van der Waals surface area contributed by atoms with Crippen molar-refractivity contribution >= 4 is 23.3 Å². The van der Waals surface area contributed by atoms with Crippen LogP contribution in [0.5, 0.6) is 0 Å². The van der Waals surface area contributed by atoms with Crippen molar-refractivity contribution in [2.45, 2.75) is 6.92 Å². The summed E-state index contributed by atoms with van der Waals surface area (Å²) < 4.78 is 4.34. The fraction of sp³-hybridized carbons (Fsp3) is 0.429. The van der Waals surface area contributed by atoms with E-state index in [9.17, 15) is 4.79 Å². The third-order valence-electron chi connectivity index (χ3n) is 1.18. The topological polar surface area (TPSA) is 70.4 Å². The zero-order valence-corrected chi connectivity index (χ0v) is 7.60. The van der Waals surface area contributed by atoms with Crippen molar-refractivity contribution in [2.75, 3.05) is 13.0 Å². The second-order valence-corrected chi connectivity index (χ2v) is 2.34. The van der Waals surface area contributed by atoms with E-state index in [1.54, 1.807) is 0 Å². The number of ether oxygens (including phenoxy) is 1. The van der Waals surface area contributed by atoms with Crippen molar-refractivity contribution in [3.8, 4) is 0 Å². The van der Waals surface area contributed by atoms with Crippen LogP contribution in [-0.4, -0.2) is 29.8 Å². The first-order valence-corrected chi connectivity index (χ1v) is 3.70. The van der Waals surface area contributed by atoms with Crippen molar-refractivity contribution in [3.05, 3.63) is 11.3 Å². The molecule has 2 N–H and O–H groups in total. The van der Waals surface area contributed by atoms with E-state index in [0.29, 0.717) is 0 Å². The predicted molar refractivity (Wildman–Crippen MR) is 45.8 cm³/mol. The highest BCUT2D eigenvalue weighted by Crippen LogP contribution is 2.07. The van der Waals surface area contributed by atoms with Crippen LogP contribution in [0.2, 0.25) is 0 Å². The standard InChI is InChI=1S/C7H10ClNO3/c1-4(9)6(5(10)3-8)7(11)12-2/h9-10H,3H2,1-2H3/b6-5+,9-4?. The molecule has 68 valence electrons. The van der Waals surface area contributed by atoms with E-state index in [1.807, 2.05) is 0 Å². The van der Waals surface area contributed by atoms with Crippen LogP contribution in [0.1, 0.15) is 6.92 Å². The lowest BCUT2D eigenvalue weighted by molar-refractivity contribution is -0.135. The van der Waals surface area contributed by atoms with E-state index in [4.69, 9.17) is 22.1 Å². The molecule has 0 aliphatic rings. The molecule has 0 radical (unpaired) electrons. The molecular weight excluding hydrogens is 182 g/mol. The molecule has 0 spiro atoms. The molecule has 0 saturated carbocycles. The number of esters is 1. The number of carbonyl (C=O) groups excluding carboxylic acids is 1. The number of nitrogens with one attached hydrogen (secondary N) is 1. The average Bonchev–Trinajstić information content (AvgIpc) is 2.03. The summed E-state index contributed by atoms with van der Waals surface area (Å²) in [7, 11) is 1.17. The van der Waals surface area contributed by atoms with Gasteiger partial charge in [-0.25, -0.2) is 4.79 Å². The molecular formula is C7H10ClNO3. The molecule has 0 bridgehead atoms. The van der Waals surface area contributed by atoms with E-state index in [2.05, 4.69) is 4.74 Å². The number of halogens is 1. The van der Waals surface area contributed by atoms with Crippen molar-refractivity contribution in [1.82, 2.24) is 0 Å². The van der Waals surface area contributed by atoms with Gasteiger partial charge in [0.2, 0.25) is 0 Å². The van der Waals surface area contributed by atoms with Gasteiger partial charge < -0.3 is 15.3 Å². The lowest BCUT2D eigenvalue weighted by Gasteiger charge is -2.04. The molecule has 0 fully saturated rings. The van der Waals surface area contributed by atoms with E-state index >= 15 is 0 Å². The minimum atomic E-state index is -0.749. The predicted octanol–water partition coefficient (Wildman–Crippen LogP) is 1.25. The summed E-state index contributed by atoms with van der Waals surface area (Å²) in [5.74, 6) is -1.29. The number of hydrogen-bond donors (Lipinski definition) is 2. The Balaban J connectivity index is 4.91. The maximum Gasteiger partial charge on any atom is 0.343 e. The van der Waals surface area contributed by atoms with Crippen LogP contribution in [0.3, 0.4) is 0 Å². The normalized spacial score (nSPS) is 11.9. The first-order chi connectivity index (χ1) is 5.54. The van der Waals surface area contributed by atoms with Crippen LogP contribution in [0, 0.1) is 5.41 Å². The maximum atomic E-state index is 10.9. The van der Waals surface area contributed by atoms with E-state index in [1.165, 1.54) is 14.0 Å². The molecule has 0 rings (SSSR count). The largest absolute Gasteiger partial charge is 0.510 e. The van der Waals surface area contributed by atoms with Gasteiger partial charge in [0, 0.05) is 5.71 Å². The van der Waals surface area contributed by atoms with E-state index < -0.39 is 5.97 Å². The third kappa shape index (κ3) is 2.54. The molecule has 12 heavy (non-hydrogen) atoms. The van der Waals surface area contributed by atoms with Crippen LogP contribution in [-0.2, 0) is 9.53 Å². The lowest BCUT2D eigenvalue weighted by Crippen LogP contribution is -2.14. The van der Waals surface area contributed by atoms with Crippen LogP contribution in [0.15, 0.2) is 11.3 Å². The highest BCUT2D eigenvalue weighted by molar-refractivity contribution is 6.22. The number of carbonyl (C=O) groups is 1. The Hall–Kier alpha value is -1.03. The minimum Gasteiger partial charge on any atom is -0.510 e. The van der Waals surface area contributed by atoms with Gasteiger partial charge >= 0.3 is 5.97 Å². The number of alkyl halides is 1. The summed E-state index contributed by atoms with van der Waals surface area (Å²) in [6, 6.07) is 0. The summed E-state index contributed by atoms with van der Waals surface area (Å²) in [6.07, 6.45) is 0. The van der Waals surface area contributed by atoms with Gasteiger partial charge in [-0.15, -0.1) is 11.6 Å². The Kier molecular flexibility index (Phi) is 4.36. The van der Waals surface area contributed by atoms with Crippen LogP contribution in [0.25, 0.3) is 0 Å². The second kappa shape index (κ2) is 4.77. The summed E-state index contributed by atoms with van der Waals surface area (Å²) in [5.41, 5.74) is -0.243. The summed E-state index contributed by atoms with van der Waals surface area (Å²) >= 11 is 5.28. The molecule has 4 nitrogen and oxygen atoms in total. The Morgan fingerprint density at radius 2 is 2.17 bits per heavy atom. The van der Waals surface area contributed by atoms with Gasteiger partial charge in [0.15, 0.2) is 0 Å². The molecule has 0 saturated heterocycles. The monoisotopic (exact) mass is 191 g/mol. The SMILES string of the molecule is COC(=O)/C(C(C)=N)=C(/O)CCl. The Morgan fingerprint density at radius 3 is 2.42 bits per heavy atom. The summed E-state index contributed by atoms with van der Waals surface area (Å²) in [5, 5.41) is 16.2. The van der Waals surface area contributed by atoms with Crippen molar-refractivity contribution in [1.29, 1.82) is 5.41 Å². The minimum absolute atomic E-state index is 0.0694. The van der Waals surface area contributed by atoms with Gasteiger partial charge in [-0.1, -0.05) is 0 Å². The molecule has 0 amide bonds. The Labute approximate surface area is 75.3 Å². The maximum absolute atomic E-state index is 10.9. The molecule has 0 atom stereocenters. The van der Waals surface area contributed by atoms with Gasteiger partial charge in [0.05, 0.1) is 13.0 Å². The summed E-state index contributed by atoms with van der Waals surface area (Å²) in [4.78, 5) is 10.9. The van der Waals surface area contributed by atoms with Crippen LogP contribution in [0.4, 0.5) is 0 Å². The van der Waals surface area contributed by atoms with Crippen molar-refractivity contribution in [3.63, 3.8) is 0 Å². The number of aliphatic hydroxyl groups excluding tert-OH is 1. The van der Waals surface area contributed by atoms with Gasteiger partial charge in [-0.05, 0) is 6.92 Å². The molecule has 0 aromatic heterocycles. The fourth-order valence-electron chi connectivity index (χ4n) is 0.656. The second-order valence-electron chi connectivity index (χ2n) is 2.07. The van der Waals surface area contributed by atoms with Crippen LogP contribution >= 0.6 is 11.6 Å². The fourth-order valence-corrected chi connectivity index (χ4v) is 0.790. The first-order valence-electron chi connectivity index (χ1n) is 3.16. The van der Waals surface area contributed by atoms with Gasteiger partial charge in [0.25, 0.3) is 0 Å². The number of methoxy groups -OCH3 is 1. The lowest BCUT2D eigenvalue weighted by atomic mass is 10.1. The molecule has 0 aliphatic heterocycles. The average molecular weight is 192 g/mol. The first kappa shape index (κ1) is 11.0. The number of hydrogen-bond acceptors (Lipinski definition) is 4. The third-order valence-corrected chi connectivity index (χ3v) is 1.43. The quantitative estimate of drug-likeness (QED) is 0.232. The summed E-state index contributed by atoms with van der Waals surface area (Å²) in [6.45, 7) is 1.37. The van der Waals surface area contributed by atoms with E-state index in [0.717, 1.165) is 0 Å². The molecule has 0 aromatic rings. The molecule has 5 heteroatoms. The molecule has 0 unspecified atom stereocenters. The Bertz CT molecular complexity index is 235. The number of rotatable bonds is 3. The van der Waals surface area contributed by atoms with Crippen molar-refractivity contribution < 1.29 is 14.6 Å². The zero-order chi connectivity index (χ0) is 9.72. The number of allylic oxidation sites excluding steroid dienone is 1. The smallest absolute Gasteiger partial charge is 0.343 e. The molecule has 0 aliphatic carbocycles. The van der Waals surface area contributed by atoms with Gasteiger partial charge in [0.1, 0.15) is 11.3 Å². The molecule has 0 heterocycles. The van der Waals surface area contributed by atoms with E-state index in [-0.39, 0.29) is 22.9 Å². The van der Waals surface area contributed by atoms with Crippen molar-refractivity contribution in [2.24, 2.45) is 0 Å².